The molecule has 0 spiro atoms. The Balaban J connectivity index is 2.80. The first kappa shape index (κ1) is 11.0. The molecule has 0 aliphatic rings. The van der Waals surface area contributed by atoms with Gasteiger partial charge in [-0.1, -0.05) is 65.7 Å². The van der Waals surface area contributed by atoms with Gasteiger partial charge >= 0.3 is 0 Å². The molecule has 0 nitrogen and oxygen atoms in total. The van der Waals surface area contributed by atoms with E-state index in [1.54, 1.807) is 0 Å². The molecule has 0 saturated heterocycles. The summed E-state index contributed by atoms with van der Waals surface area (Å²) in [5.41, 5.74) is 0. The van der Waals surface area contributed by atoms with Crippen LogP contribution >= 0.6 is 0 Å². The molecule has 67 valence electrons. The summed E-state index contributed by atoms with van der Waals surface area (Å²) >= 11 is 0. The number of rotatable bonds is 7. The third-order valence-corrected chi connectivity index (χ3v) is 2.05. The van der Waals surface area contributed by atoms with Gasteiger partial charge in [-0.25, -0.2) is 0 Å². The number of hydrogen-bond donors (Lipinski definition) is 0. The Morgan fingerprint density at radius 2 is 1.55 bits per heavy atom. The maximum absolute atomic E-state index is 3.97. The summed E-state index contributed by atoms with van der Waals surface area (Å²) in [5, 5.41) is 0. The topological polar surface area (TPSA) is 0 Å². The van der Waals surface area contributed by atoms with Crippen LogP contribution in [0, 0.1) is 12.8 Å². The molecule has 1 atom stereocenters. The minimum absolute atomic E-state index is 0.654. The van der Waals surface area contributed by atoms with Crippen molar-refractivity contribution in [2.24, 2.45) is 5.92 Å². The van der Waals surface area contributed by atoms with Crippen LogP contribution in [0.15, 0.2) is 0 Å². The van der Waals surface area contributed by atoms with E-state index < -0.39 is 0 Å². The van der Waals surface area contributed by atoms with Crippen LogP contribution in [-0.2, 0) is 0 Å². The van der Waals surface area contributed by atoms with Crippen LogP contribution in [0.1, 0.15) is 58.8 Å². The Morgan fingerprint density at radius 1 is 1.00 bits per heavy atom. The highest BCUT2D eigenvalue weighted by Gasteiger charge is 1.93. The molecule has 0 rings (SSSR count). The molecule has 0 aliphatic heterocycles. The van der Waals surface area contributed by atoms with Crippen molar-refractivity contribution >= 4 is 0 Å². The molecular formula is C11H23. The minimum Gasteiger partial charge on any atom is -0.0654 e. The lowest BCUT2D eigenvalue weighted by molar-refractivity contribution is 0.541. The molecule has 0 amide bonds. The summed E-state index contributed by atoms with van der Waals surface area (Å²) in [6.45, 7) is 8.43. The molecule has 1 unspecified atom stereocenters. The van der Waals surface area contributed by atoms with E-state index in [9.17, 15) is 0 Å². The van der Waals surface area contributed by atoms with Crippen molar-refractivity contribution in [3.8, 4) is 0 Å². The highest BCUT2D eigenvalue weighted by atomic mass is 14.0. The molecule has 0 fully saturated rings. The average Bonchev–Trinajstić information content (AvgIpc) is 1.96. The van der Waals surface area contributed by atoms with Crippen LogP contribution in [0.2, 0.25) is 0 Å². The van der Waals surface area contributed by atoms with Crippen molar-refractivity contribution in [3.05, 3.63) is 6.92 Å². The quantitative estimate of drug-likeness (QED) is 0.483. The van der Waals surface area contributed by atoms with Crippen LogP contribution in [0.5, 0.6) is 0 Å². The normalized spacial score (nSPS) is 10.9. The standard InChI is InChI=1S/C11H23/c1-4-5-6-7-8-9-10-11(2)3/h11H,2,4-10H2,1,3H3. The van der Waals surface area contributed by atoms with Crippen LogP contribution in [0.4, 0.5) is 0 Å². The maximum Gasteiger partial charge on any atom is -0.0443 e. The van der Waals surface area contributed by atoms with E-state index in [0.717, 1.165) is 0 Å². The lowest BCUT2D eigenvalue weighted by atomic mass is 10.0. The first-order valence-electron chi connectivity index (χ1n) is 5.10. The van der Waals surface area contributed by atoms with Crippen molar-refractivity contribution in [2.45, 2.75) is 58.8 Å². The van der Waals surface area contributed by atoms with Gasteiger partial charge in [0.05, 0.1) is 0 Å². The summed E-state index contributed by atoms with van der Waals surface area (Å²) in [7, 11) is 0. The van der Waals surface area contributed by atoms with Crippen molar-refractivity contribution in [2.75, 3.05) is 0 Å². The van der Waals surface area contributed by atoms with E-state index in [-0.39, 0.29) is 0 Å². The molecule has 0 bridgehead atoms. The van der Waals surface area contributed by atoms with Crippen LogP contribution < -0.4 is 0 Å². The molecule has 0 saturated carbocycles. The van der Waals surface area contributed by atoms with E-state index >= 15 is 0 Å². The minimum atomic E-state index is 0.654. The zero-order valence-corrected chi connectivity index (χ0v) is 8.23. The Bertz CT molecular complexity index is 64.4. The Labute approximate surface area is 72.4 Å². The summed E-state index contributed by atoms with van der Waals surface area (Å²) < 4.78 is 0. The molecule has 0 heteroatoms. The zero-order chi connectivity index (χ0) is 8.53. The molecule has 1 radical (unpaired) electrons. The molecule has 0 aromatic rings. The summed E-state index contributed by atoms with van der Waals surface area (Å²) in [5.74, 6) is 0.654. The van der Waals surface area contributed by atoms with Gasteiger partial charge in [0, 0.05) is 0 Å². The highest BCUT2D eigenvalue weighted by molar-refractivity contribution is 4.54. The fourth-order valence-electron chi connectivity index (χ4n) is 1.27. The van der Waals surface area contributed by atoms with E-state index in [4.69, 9.17) is 0 Å². The second kappa shape index (κ2) is 8.10. The molecule has 0 heterocycles. The van der Waals surface area contributed by atoms with Gasteiger partial charge in [-0.3, -0.25) is 0 Å². The van der Waals surface area contributed by atoms with E-state index in [1.807, 2.05) is 0 Å². The van der Waals surface area contributed by atoms with Gasteiger partial charge in [-0.05, 0) is 5.92 Å². The van der Waals surface area contributed by atoms with Crippen LogP contribution in [0.25, 0.3) is 0 Å². The van der Waals surface area contributed by atoms with Crippen LogP contribution in [0.3, 0.4) is 0 Å². The fourth-order valence-corrected chi connectivity index (χ4v) is 1.27. The van der Waals surface area contributed by atoms with Gasteiger partial charge in [0.25, 0.3) is 0 Å². The van der Waals surface area contributed by atoms with Gasteiger partial charge in [0.15, 0.2) is 0 Å². The summed E-state index contributed by atoms with van der Waals surface area (Å²) in [6, 6.07) is 0. The van der Waals surface area contributed by atoms with E-state index in [0.29, 0.717) is 5.92 Å². The van der Waals surface area contributed by atoms with Gasteiger partial charge in [0.1, 0.15) is 0 Å². The van der Waals surface area contributed by atoms with E-state index in [2.05, 4.69) is 20.8 Å². The van der Waals surface area contributed by atoms with E-state index in [1.165, 1.54) is 44.9 Å². The van der Waals surface area contributed by atoms with Crippen molar-refractivity contribution in [1.82, 2.24) is 0 Å². The molecule has 11 heavy (non-hydrogen) atoms. The Hall–Kier alpha value is 0. The van der Waals surface area contributed by atoms with Gasteiger partial charge < -0.3 is 0 Å². The fraction of sp³-hybridized carbons (Fsp3) is 0.909. The first-order chi connectivity index (χ1) is 5.27. The van der Waals surface area contributed by atoms with Gasteiger partial charge in [-0.15, -0.1) is 0 Å². The van der Waals surface area contributed by atoms with Crippen molar-refractivity contribution in [3.63, 3.8) is 0 Å². The van der Waals surface area contributed by atoms with Crippen molar-refractivity contribution < 1.29 is 0 Å². The molecule has 0 N–H and O–H groups in total. The van der Waals surface area contributed by atoms with Gasteiger partial charge in [0.2, 0.25) is 0 Å². The third kappa shape index (κ3) is 10.0. The second-order valence-electron chi connectivity index (χ2n) is 3.66. The lowest BCUT2D eigenvalue weighted by Crippen LogP contribution is -1.87. The molecule has 0 aromatic heterocycles. The molecular weight excluding hydrogens is 132 g/mol. The zero-order valence-electron chi connectivity index (χ0n) is 8.23. The predicted octanol–water partition coefficient (Wildman–Crippen LogP) is 4.21. The van der Waals surface area contributed by atoms with Crippen LogP contribution in [-0.4, -0.2) is 0 Å². The number of hydrogen-bond acceptors (Lipinski definition) is 0. The number of unbranched alkanes of at least 4 members (excludes halogenated alkanes) is 5. The lowest BCUT2D eigenvalue weighted by Gasteiger charge is -2.03. The average molecular weight is 155 g/mol. The monoisotopic (exact) mass is 155 g/mol. The first-order valence-corrected chi connectivity index (χ1v) is 5.10. The third-order valence-electron chi connectivity index (χ3n) is 2.05. The Kier molecular flexibility index (Phi) is 8.10. The molecule has 0 aromatic carbocycles. The summed E-state index contributed by atoms with van der Waals surface area (Å²) in [6.07, 6.45) is 9.74. The maximum atomic E-state index is 3.97. The predicted molar refractivity (Wildman–Crippen MR) is 52.5 cm³/mol. The molecule has 0 aliphatic carbocycles. The van der Waals surface area contributed by atoms with Crippen molar-refractivity contribution in [1.29, 1.82) is 0 Å². The summed E-state index contributed by atoms with van der Waals surface area (Å²) in [4.78, 5) is 0. The Morgan fingerprint density at radius 3 is 2.09 bits per heavy atom. The largest absolute Gasteiger partial charge is 0.0654 e. The van der Waals surface area contributed by atoms with Gasteiger partial charge in [-0.2, -0.15) is 0 Å². The SMILES string of the molecule is [CH2]C(C)CCCCCCCC. The second-order valence-corrected chi connectivity index (χ2v) is 3.66. The highest BCUT2D eigenvalue weighted by Crippen LogP contribution is 2.10. The smallest absolute Gasteiger partial charge is 0.0443 e.